The molecule has 1 N–H and O–H groups in total. The van der Waals surface area contributed by atoms with Gasteiger partial charge in [-0.2, -0.15) is 0 Å². The fraction of sp³-hybridized carbons (Fsp3) is 0.214. The number of allylic oxidation sites excluding steroid dienone is 7. The van der Waals surface area contributed by atoms with Crippen LogP contribution in [0, 0.1) is 0 Å². The van der Waals surface area contributed by atoms with Gasteiger partial charge in [-0.3, -0.25) is 4.79 Å². The molecule has 92 valence electrons. The molecule has 1 amide bonds. The van der Waals surface area contributed by atoms with Crippen molar-refractivity contribution < 1.29 is 4.79 Å². The maximum Gasteiger partial charge on any atom is 0.250 e. The standard InChI is InChI=1S/C14H18ClNO/c1-5-8-12(4)14(17)16-10-7-9-13(15)11(3)6-2/h5-10H,1H2,2-4H3,(H,16,17)/b10-7+,11-6-,12-8+,13-9+. The van der Waals surface area contributed by atoms with Gasteiger partial charge in [-0.1, -0.05) is 36.4 Å². The van der Waals surface area contributed by atoms with Crippen molar-refractivity contribution in [1.29, 1.82) is 0 Å². The van der Waals surface area contributed by atoms with Crippen LogP contribution in [-0.2, 0) is 4.79 Å². The van der Waals surface area contributed by atoms with Gasteiger partial charge in [-0.15, -0.1) is 0 Å². The highest BCUT2D eigenvalue weighted by molar-refractivity contribution is 6.32. The molecule has 0 unspecified atom stereocenters. The third-order valence-corrected chi connectivity index (χ3v) is 2.51. The second-order valence-electron chi connectivity index (χ2n) is 3.40. The second-order valence-corrected chi connectivity index (χ2v) is 3.81. The lowest BCUT2D eigenvalue weighted by Crippen LogP contribution is -2.17. The van der Waals surface area contributed by atoms with E-state index < -0.39 is 0 Å². The third kappa shape index (κ3) is 6.59. The first-order chi connectivity index (χ1) is 8.02. The minimum Gasteiger partial charge on any atom is -0.329 e. The molecule has 0 aromatic heterocycles. The zero-order valence-electron chi connectivity index (χ0n) is 10.5. The lowest BCUT2D eigenvalue weighted by molar-refractivity contribution is -0.116. The van der Waals surface area contributed by atoms with Crippen LogP contribution in [0.2, 0.25) is 0 Å². The largest absolute Gasteiger partial charge is 0.329 e. The minimum atomic E-state index is -0.159. The summed E-state index contributed by atoms with van der Waals surface area (Å²) in [6.07, 6.45) is 10.1. The normalized spacial score (nSPS) is 14.0. The highest BCUT2D eigenvalue weighted by atomic mass is 35.5. The van der Waals surface area contributed by atoms with Crippen LogP contribution < -0.4 is 5.32 Å². The Morgan fingerprint density at radius 1 is 1.24 bits per heavy atom. The second kappa shape index (κ2) is 8.59. The smallest absolute Gasteiger partial charge is 0.250 e. The predicted octanol–water partition coefficient (Wildman–Crippen LogP) is 3.84. The van der Waals surface area contributed by atoms with E-state index in [1.807, 2.05) is 19.9 Å². The quantitative estimate of drug-likeness (QED) is 0.584. The molecule has 0 radical (unpaired) electrons. The molecule has 0 fully saturated rings. The Hall–Kier alpha value is -1.54. The van der Waals surface area contributed by atoms with E-state index in [2.05, 4.69) is 11.9 Å². The van der Waals surface area contributed by atoms with Gasteiger partial charge in [-0.05, 0) is 38.5 Å². The third-order valence-electron chi connectivity index (χ3n) is 2.09. The zero-order chi connectivity index (χ0) is 13.3. The van der Waals surface area contributed by atoms with Crippen molar-refractivity contribution in [2.75, 3.05) is 0 Å². The molecule has 0 heterocycles. The van der Waals surface area contributed by atoms with E-state index in [1.54, 1.807) is 37.4 Å². The van der Waals surface area contributed by atoms with Gasteiger partial charge in [0.1, 0.15) is 0 Å². The fourth-order valence-electron chi connectivity index (χ4n) is 0.892. The van der Waals surface area contributed by atoms with Gasteiger partial charge in [-0.25, -0.2) is 0 Å². The van der Waals surface area contributed by atoms with Crippen LogP contribution in [0.5, 0.6) is 0 Å². The molecular weight excluding hydrogens is 234 g/mol. The summed E-state index contributed by atoms with van der Waals surface area (Å²) in [6.45, 7) is 9.08. The molecule has 0 aliphatic rings. The molecule has 0 saturated heterocycles. The van der Waals surface area contributed by atoms with Crippen molar-refractivity contribution >= 4 is 17.5 Å². The zero-order valence-corrected chi connectivity index (χ0v) is 11.2. The summed E-state index contributed by atoms with van der Waals surface area (Å²) in [7, 11) is 0. The average molecular weight is 252 g/mol. The number of carbonyl (C=O) groups excluding carboxylic acids is 1. The first kappa shape index (κ1) is 15.5. The molecule has 0 aromatic rings. The van der Waals surface area contributed by atoms with Crippen molar-refractivity contribution in [3.63, 3.8) is 0 Å². The summed E-state index contributed by atoms with van der Waals surface area (Å²) < 4.78 is 0. The van der Waals surface area contributed by atoms with Gasteiger partial charge >= 0.3 is 0 Å². The molecule has 0 atom stereocenters. The van der Waals surface area contributed by atoms with Crippen LogP contribution in [0.4, 0.5) is 0 Å². The molecule has 0 aliphatic carbocycles. The highest BCUT2D eigenvalue weighted by Crippen LogP contribution is 2.13. The molecule has 0 rings (SSSR count). The maximum absolute atomic E-state index is 11.4. The summed E-state index contributed by atoms with van der Waals surface area (Å²) in [4.78, 5) is 11.4. The summed E-state index contributed by atoms with van der Waals surface area (Å²) in [5, 5.41) is 3.27. The van der Waals surface area contributed by atoms with Crippen LogP contribution in [0.3, 0.4) is 0 Å². The van der Waals surface area contributed by atoms with Crippen LogP contribution >= 0.6 is 11.6 Å². The monoisotopic (exact) mass is 251 g/mol. The predicted molar refractivity (Wildman–Crippen MR) is 74.6 cm³/mol. The maximum atomic E-state index is 11.4. The number of rotatable bonds is 5. The van der Waals surface area contributed by atoms with Crippen LogP contribution in [0.1, 0.15) is 20.8 Å². The molecule has 3 heteroatoms. The fourth-order valence-corrected chi connectivity index (χ4v) is 1.07. The molecule has 0 aliphatic heterocycles. The topological polar surface area (TPSA) is 29.1 Å². The van der Waals surface area contributed by atoms with Crippen molar-refractivity contribution in [2.24, 2.45) is 0 Å². The van der Waals surface area contributed by atoms with E-state index in [4.69, 9.17) is 11.6 Å². The lowest BCUT2D eigenvalue weighted by atomic mass is 10.2. The number of nitrogens with one attached hydrogen (secondary N) is 1. The first-order valence-corrected chi connectivity index (χ1v) is 5.66. The Bertz CT molecular complexity index is 400. The van der Waals surface area contributed by atoms with Crippen LogP contribution in [0.25, 0.3) is 0 Å². The number of amides is 1. The lowest BCUT2D eigenvalue weighted by Gasteiger charge is -1.98. The Labute approximate surface area is 108 Å². The van der Waals surface area contributed by atoms with Crippen molar-refractivity contribution in [2.45, 2.75) is 20.8 Å². The summed E-state index contributed by atoms with van der Waals surface area (Å²) in [5.74, 6) is -0.159. The Morgan fingerprint density at radius 2 is 1.88 bits per heavy atom. The van der Waals surface area contributed by atoms with Crippen LogP contribution in [-0.4, -0.2) is 5.91 Å². The Morgan fingerprint density at radius 3 is 2.41 bits per heavy atom. The molecule has 0 aromatic carbocycles. The van der Waals surface area contributed by atoms with E-state index in [9.17, 15) is 4.79 Å². The average Bonchev–Trinajstić information content (AvgIpc) is 2.33. The van der Waals surface area contributed by atoms with Crippen molar-refractivity contribution in [1.82, 2.24) is 5.32 Å². The summed E-state index contributed by atoms with van der Waals surface area (Å²) in [6, 6.07) is 0. The van der Waals surface area contributed by atoms with Crippen molar-refractivity contribution in [3.05, 3.63) is 59.3 Å². The van der Waals surface area contributed by atoms with Crippen LogP contribution in [0.15, 0.2) is 59.3 Å². The summed E-state index contributed by atoms with van der Waals surface area (Å²) in [5.41, 5.74) is 1.59. The Kier molecular flexibility index (Phi) is 7.82. The first-order valence-electron chi connectivity index (χ1n) is 5.28. The van der Waals surface area contributed by atoms with E-state index >= 15 is 0 Å². The van der Waals surface area contributed by atoms with E-state index in [0.717, 1.165) is 5.57 Å². The summed E-state index contributed by atoms with van der Waals surface area (Å²) >= 11 is 5.96. The molecule has 0 spiro atoms. The molecule has 0 bridgehead atoms. The van der Waals surface area contributed by atoms with E-state index in [-0.39, 0.29) is 5.91 Å². The SMILES string of the molecule is C=C/C=C(\C)C(=O)N/C=C/C=C(Cl)\C(C)=C/C. The van der Waals surface area contributed by atoms with E-state index in [0.29, 0.717) is 10.6 Å². The molecule has 2 nitrogen and oxygen atoms in total. The van der Waals surface area contributed by atoms with Gasteiger partial charge in [0.15, 0.2) is 0 Å². The van der Waals surface area contributed by atoms with Gasteiger partial charge in [0, 0.05) is 16.8 Å². The number of halogens is 1. The van der Waals surface area contributed by atoms with Gasteiger partial charge in [0.25, 0.3) is 5.91 Å². The number of hydrogen-bond donors (Lipinski definition) is 1. The molecule has 0 saturated carbocycles. The number of carbonyl (C=O) groups is 1. The van der Waals surface area contributed by atoms with Gasteiger partial charge in [0.2, 0.25) is 0 Å². The Balaban J connectivity index is 4.36. The molecule has 17 heavy (non-hydrogen) atoms. The van der Waals surface area contributed by atoms with E-state index in [1.165, 1.54) is 0 Å². The minimum absolute atomic E-state index is 0.159. The van der Waals surface area contributed by atoms with Gasteiger partial charge < -0.3 is 5.32 Å². The number of hydrogen-bond acceptors (Lipinski definition) is 1. The van der Waals surface area contributed by atoms with Crippen molar-refractivity contribution in [3.8, 4) is 0 Å². The molecular formula is C14H18ClNO. The van der Waals surface area contributed by atoms with Gasteiger partial charge in [0.05, 0.1) is 0 Å². The highest BCUT2D eigenvalue weighted by Gasteiger charge is 1.98.